The van der Waals surface area contributed by atoms with Crippen molar-refractivity contribution in [3.63, 3.8) is 0 Å². The van der Waals surface area contributed by atoms with Gasteiger partial charge in [-0.2, -0.15) is 0 Å². The molecule has 0 radical (unpaired) electrons. The van der Waals surface area contributed by atoms with Crippen molar-refractivity contribution in [1.29, 1.82) is 5.41 Å². The summed E-state index contributed by atoms with van der Waals surface area (Å²) in [6, 6.07) is 0. The SMILES string of the molecule is C=C1CC2CC(=N)CC[C@]2(CO)C2CC[C@]3(C)C(=O)CCC3C12. The lowest BCUT2D eigenvalue weighted by Gasteiger charge is -2.60. The molecule has 2 N–H and O–H groups in total. The van der Waals surface area contributed by atoms with Crippen LogP contribution in [0.5, 0.6) is 0 Å². The summed E-state index contributed by atoms with van der Waals surface area (Å²) in [6.07, 6.45) is 7.36. The summed E-state index contributed by atoms with van der Waals surface area (Å²) in [4.78, 5) is 12.5. The lowest BCUT2D eigenvalue weighted by molar-refractivity contribution is -0.136. The molecule has 6 atom stereocenters. The molecule has 0 heterocycles. The summed E-state index contributed by atoms with van der Waals surface area (Å²) in [7, 11) is 0. The molecule has 4 aliphatic carbocycles. The highest BCUT2D eigenvalue weighted by Crippen LogP contribution is 2.66. The van der Waals surface area contributed by atoms with Gasteiger partial charge in [0.05, 0.1) is 0 Å². The largest absolute Gasteiger partial charge is 0.396 e. The summed E-state index contributed by atoms with van der Waals surface area (Å²) in [5, 5.41) is 18.5. The van der Waals surface area contributed by atoms with Crippen molar-refractivity contribution in [1.82, 2.24) is 0 Å². The summed E-state index contributed by atoms with van der Waals surface area (Å²) in [6.45, 7) is 6.87. The molecule has 4 aliphatic rings. The van der Waals surface area contributed by atoms with Crippen LogP contribution in [0.2, 0.25) is 0 Å². The molecule has 23 heavy (non-hydrogen) atoms. The predicted octanol–water partition coefficient (Wildman–Crippen LogP) is 3.76. The highest BCUT2D eigenvalue weighted by molar-refractivity contribution is 5.87. The first kappa shape index (κ1) is 15.6. The standard InChI is InChI=1S/C20H29NO2/c1-12-9-13-10-14(21)5-8-20(13,11-22)16-6-7-19(2)15(18(12)16)3-4-17(19)23/h13,15-16,18,21-22H,1,3-11H2,2H3/t13?,15?,16?,18?,19-,20+/m0/s1. The van der Waals surface area contributed by atoms with E-state index in [9.17, 15) is 9.90 Å². The van der Waals surface area contributed by atoms with Crippen LogP contribution in [0.4, 0.5) is 0 Å². The number of Topliss-reactive ketones (excluding diaryl/α,β-unsaturated/α-hetero) is 1. The van der Waals surface area contributed by atoms with Crippen molar-refractivity contribution in [2.24, 2.45) is 34.5 Å². The van der Waals surface area contributed by atoms with E-state index in [0.29, 0.717) is 29.5 Å². The summed E-state index contributed by atoms with van der Waals surface area (Å²) in [5.41, 5.74) is 1.99. The van der Waals surface area contributed by atoms with Crippen LogP contribution >= 0.6 is 0 Å². The maximum atomic E-state index is 12.5. The van der Waals surface area contributed by atoms with Gasteiger partial charge in [0.25, 0.3) is 0 Å². The van der Waals surface area contributed by atoms with Crippen molar-refractivity contribution in [3.8, 4) is 0 Å². The van der Waals surface area contributed by atoms with Crippen LogP contribution < -0.4 is 0 Å². The Bertz CT molecular complexity index is 582. The topological polar surface area (TPSA) is 61.1 Å². The van der Waals surface area contributed by atoms with E-state index in [2.05, 4.69) is 13.5 Å². The Morgan fingerprint density at radius 1 is 1.22 bits per heavy atom. The number of carbonyl (C=O) groups excluding carboxylic acids is 1. The number of nitrogens with one attached hydrogen (secondary N) is 1. The average molecular weight is 315 g/mol. The normalized spacial score (nSPS) is 49.6. The van der Waals surface area contributed by atoms with Gasteiger partial charge in [-0.3, -0.25) is 4.79 Å². The minimum atomic E-state index is -0.144. The second kappa shape index (κ2) is 5.02. The van der Waals surface area contributed by atoms with Crippen LogP contribution in [0, 0.1) is 39.9 Å². The molecule has 126 valence electrons. The van der Waals surface area contributed by atoms with Gasteiger partial charge in [0.1, 0.15) is 5.78 Å². The number of aliphatic hydroxyl groups excluding tert-OH is 1. The van der Waals surface area contributed by atoms with Crippen LogP contribution in [0.3, 0.4) is 0 Å². The van der Waals surface area contributed by atoms with E-state index in [4.69, 9.17) is 5.41 Å². The predicted molar refractivity (Wildman–Crippen MR) is 90.4 cm³/mol. The van der Waals surface area contributed by atoms with E-state index in [-0.39, 0.29) is 17.4 Å². The van der Waals surface area contributed by atoms with Gasteiger partial charge in [-0.15, -0.1) is 0 Å². The molecule has 4 unspecified atom stereocenters. The molecule has 0 aromatic carbocycles. The number of ketones is 1. The fraction of sp³-hybridized carbons (Fsp3) is 0.800. The zero-order valence-electron chi connectivity index (χ0n) is 14.2. The Morgan fingerprint density at radius 3 is 2.74 bits per heavy atom. The van der Waals surface area contributed by atoms with E-state index in [1.165, 1.54) is 5.57 Å². The number of fused-ring (bicyclic) bond motifs is 5. The first-order chi connectivity index (χ1) is 10.9. The fourth-order valence-corrected chi connectivity index (χ4v) is 6.86. The van der Waals surface area contributed by atoms with E-state index >= 15 is 0 Å². The third kappa shape index (κ3) is 1.92. The van der Waals surface area contributed by atoms with E-state index in [1.54, 1.807) is 0 Å². The van der Waals surface area contributed by atoms with Crippen LogP contribution in [0.15, 0.2) is 12.2 Å². The van der Waals surface area contributed by atoms with E-state index in [0.717, 1.165) is 57.1 Å². The molecular weight excluding hydrogens is 286 g/mol. The molecule has 0 bridgehead atoms. The molecule has 4 fully saturated rings. The molecule has 4 rings (SSSR count). The smallest absolute Gasteiger partial charge is 0.139 e. The Kier molecular flexibility index (Phi) is 3.39. The quantitative estimate of drug-likeness (QED) is 0.724. The van der Waals surface area contributed by atoms with Crippen molar-refractivity contribution in [2.75, 3.05) is 6.61 Å². The Hall–Kier alpha value is -0.960. The van der Waals surface area contributed by atoms with Crippen molar-refractivity contribution in [2.45, 2.75) is 58.3 Å². The first-order valence-corrected chi connectivity index (χ1v) is 9.30. The lowest BCUT2D eigenvalue weighted by atomic mass is 9.44. The molecule has 0 aromatic rings. The van der Waals surface area contributed by atoms with Crippen LogP contribution in [-0.4, -0.2) is 23.2 Å². The van der Waals surface area contributed by atoms with Gasteiger partial charge in [0.2, 0.25) is 0 Å². The zero-order valence-corrected chi connectivity index (χ0v) is 14.2. The summed E-state index contributed by atoms with van der Waals surface area (Å²) < 4.78 is 0. The lowest BCUT2D eigenvalue weighted by Crippen LogP contribution is -2.56. The van der Waals surface area contributed by atoms with Crippen molar-refractivity contribution in [3.05, 3.63) is 12.2 Å². The van der Waals surface area contributed by atoms with E-state index in [1.807, 2.05) is 0 Å². The van der Waals surface area contributed by atoms with Gasteiger partial charge >= 0.3 is 0 Å². The molecule has 3 heteroatoms. The zero-order chi connectivity index (χ0) is 16.4. The van der Waals surface area contributed by atoms with E-state index < -0.39 is 0 Å². The maximum Gasteiger partial charge on any atom is 0.139 e. The number of hydrogen-bond donors (Lipinski definition) is 2. The monoisotopic (exact) mass is 315 g/mol. The first-order valence-electron chi connectivity index (χ1n) is 9.30. The van der Waals surface area contributed by atoms with Gasteiger partial charge in [-0.25, -0.2) is 0 Å². The summed E-state index contributed by atoms with van der Waals surface area (Å²) >= 11 is 0. The number of rotatable bonds is 1. The Balaban J connectivity index is 1.74. The van der Waals surface area contributed by atoms with Gasteiger partial charge < -0.3 is 10.5 Å². The van der Waals surface area contributed by atoms with Crippen LogP contribution in [-0.2, 0) is 4.79 Å². The van der Waals surface area contributed by atoms with Crippen LogP contribution in [0.1, 0.15) is 58.3 Å². The molecule has 0 spiro atoms. The molecule has 3 nitrogen and oxygen atoms in total. The number of allylic oxidation sites excluding steroid dienone is 1. The van der Waals surface area contributed by atoms with Gasteiger partial charge in [-0.1, -0.05) is 19.1 Å². The molecule has 4 saturated carbocycles. The Labute approximate surface area is 139 Å². The Morgan fingerprint density at radius 2 is 2.00 bits per heavy atom. The molecule has 0 saturated heterocycles. The van der Waals surface area contributed by atoms with Crippen LogP contribution in [0.25, 0.3) is 0 Å². The highest BCUT2D eigenvalue weighted by Gasteiger charge is 2.62. The third-order valence-electron chi connectivity index (χ3n) is 8.19. The fourth-order valence-electron chi connectivity index (χ4n) is 6.86. The second-order valence-electron chi connectivity index (χ2n) is 8.92. The minimum absolute atomic E-state index is 0.0244. The molecular formula is C20H29NO2. The maximum absolute atomic E-state index is 12.5. The molecule has 0 amide bonds. The molecule has 0 aliphatic heterocycles. The van der Waals surface area contributed by atoms with Gasteiger partial charge in [0, 0.05) is 29.6 Å². The van der Waals surface area contributed by atoms with Crippen molar-refractivity contribution < 1.29 is 9.90 Å². The van der Waals surface area contributed by atoms with Gasteiger partial charge in [0.15, 0.2) is 0 Å². The average Bonchev–Trinajstić information content (AvgIpc) is 2.83. The second-order valence-corrected chi connectivity index (χ2v) is 8.92. The highest BCUT2D eigenvalue weighted by atomic mass is 16.3. The number of hydrogen-bond acceptors (Lipinski definition) is 3. The molecule has 0 aromatic heterocycles. The number of carbonyl (C=O) groups is 1. The van der Waals surface area contributed by atoms with Crippen molar-refractivity contribution >= 4 is 11.5 Å². The minimum Gasteiger partial charge on any atom is -0.396 e. The third-order valence-corrected chi connectivity index (χ3v) is 8.19. The van der Waals surface area contributed by atoms with Gasteiger partial charge in [-0.05, 0) is 68.6 Å². The number of aliphatic hydroxyl groups is 1. The summed E-state index contributed by atoms with van der Waals surface area (Å²) in [5.74, 6) is 2.17.